The van der Waals surface area contributed by atoms with Crippen molar-refractivity contribution in [3.05, 3.63) is 0 Å². The molecule has 2 fully saturated rings. The lowest BCUT2D eigenvalue weighted by atomic mass is 10.2. The number of likely N-dealkylation sites (tertiary alicyclic amines) is 1. The van der Waals surface area contributed by atoms with Gasteiger partial charge in [-0.25, -0.2) is 0 Å². The fraction of sp³-hybridized carbons (Fsp3) is 0.889. The van der Waals surface area contributed by atoms with Gasteiger partial charge in [-0.1, -0.05) is 0 Å². The quantitative estimate of drug-likeness (QED) is 0.605. The zero-order valence-corrected chi connectivity index (χ0v) is 7.50. The zero-order valence-electron chi connectivity index (χ0n) is 7.50. The highest BCUT2D eigenvalue weighted by Gasteiger charge is 2.31. The lowest BCUT2D eigenvalue weighted by Gasteiger charge is -2.32. The summed E-state index contributed by atoms with van der Waals surface area (Å²) in [6.45, 7) is 7.92. The van der Waals surface area contributed by atoms with Crippen LogP contribution < -0.4 is 5.32 Å². The van der Waals surface area contributed by atoms with Crippen LogP contribution in [0.5, 0.6) is 0 Å². The molecule has 2 heterocycles. The Bertz CT molecular complexity index is 157. The number of nitrogens with one attached hydrogen (secondary N) is 1. The van der Waals surface area contributed by atoms with Crippen LogP contribution in [0.25, 0.3) is 0 Å². The first kappa shape index (κ1) is 8.20. The molecule has 0 aromatic carbocycles. The minimum Gasteiger partial charge on any atom is -0.309 e. The average molecular weight is 167 g/mol. The van der Waals surface area contributed by atoms with Gasteiger partial charge in [0.05, 0.1) is 6.54 Å². The molecule has 0 aromatic heterocycles. The Morgan fingerprint density at radius 2 is 2.00 bits per heavy atom. The molecule has 2 unspecified atom stereocenters. The summed E-state index contributed by atoms with van der Waals surface area (Å²) in [5, 5.41) is 3.61. The predicted molar refractivity (Wildman–Crippen MR) is 50.8 cm³/mol. The fourth-order valence-corrected chi connectivity index (χ4v) is 2.28. The summed E-state index contributed by atoms with van der Waals surface area (Å²) in [5.74, 6) is 0. The van der Waals surface area contributed by atoms with E-state index in [0.717, 1.165) is 25.2 Å². The molecule has 0 radical (unpaired) electrons. The van der Waals surface area contributed by atoms with Crippen LogP contribution in [-0.4, -0.2) is 49.9 Å². The van der Waals surface area contributed by atoms with Gasteiger partial charge in [0.25, 0.3) is 0 Å². The summed E-state index contributed by atoms with van der Waals surface area (Å²) in [6.07, 6.45) is 2.73. The van der Waals surface area contributed by atoms with Crippen molar-refractivity contribution in [3.8, 4) is 0 Å². The maximum Gasteiger partial charge on any atom is 0.0509 e. The van der Waals surface area contributed by atoms with Gasteiger partial charge in [0, 0.05) is 31.7 Å². The van der Waals surface area contributed by atoms with E-state index in [2.05, 4.69) is 21.9 Å². The number of hydrogen-bond acceptors (Lipinski definition) is 3. The molecule has 2 bridgehead atoms. The normalized spacial score (nSPS) is 35.3. The van der Waals surface area contributed by atoms with Crippen LogP contribution in [-0.2, 0) is 0 Å². The van der Waals surface area contributed by atoms with Gasteiger partial charge >= 0.3 is 0 Å². The molecule has 0 aromatic rings. The highest BCUT2D eigenvalue weighted by Crippen LogP contribution is 2.19. The molecule has 0 spiro atoms. The van der Waals surface area contributed by atoms with E-state index in [4.69, 9.17) is 0 Å². The molecule has 68 valence electrons. The van der Waals surface area contributed by atoms with Gasteiger partial charge in [-0.3, -0.25) is 9.89 Å². The van der Waals surface area contributed by atoms with Crippen molar-refractivity contribution in [2.45, 2.75) is 24.9 Å². The Hall–Kier alpha value is -0.410. The first-order valence-electron chi connectivity index (χ1n) is 4.79. The molecule has 0 amide bonds. The summed E-state index contributed by atoms with van der Waals surface area (Å²) in [6, 6.07) is 1.52. The van der Waals surface area contributed by atoms with Crippen molar-refractivity contribution in [1.82, 2.24) is 10.2 Å². The number of nitrogens with zero attached hydrogens (tertiary/aromatic N) is 2. The minimum absolute atomic E-state index is 0.758. The maximum absolute atomic E-state index is 3.89. The van der Waals surface area contributed by atoms with Gasteiger partial charge in [-0.2, -0.15) is 0 Å². The Kier molecular flexibility index (Phi) is 2.42. The van der Waals surface area contributed by atoms with Crippen LogP contribution in [0.15, 0.2) is 4.99 Å². The van der Waals surface area contributed by atoms with E-state index in [1.54, 1.807) is 0 Å². The van der Waals surface area contributed by atoms with Crippen molar-refractivity contribution >= 4 is 6.72 Å². The number of hydrogen-bond donors (Lipinski definition) is 1. The minimum atomic E-state index is 0.758. The Balaban J connectivity index is 1.81. The second kappa shape index (κ2) is 3.54. The lowest BCUT2D eigenvalue weighted by Crippen LogP contribution is -2.51. The molecular weight excluding hydrogens is 150 g/mol. The molecule has 3 nitrogen and oxygen atoms in total. The molecule has 2 saturated heterocycles. The van der Waals surface area contributed by atoms with E-state index < -0.39 is 0 Å². The van der Waals surface area contributed by atoms with Gasteiger partial charge in [-0.15, -0.1) is 0 Å². The van der Waals surface area contributed by atoms with Gasteiger partial charge in [0.15, 0.2) is 0 Å². The largest absolute Gasteiger partial charge is 0.309 e. The van der Waals surface area contributed by atoms with E-state index in [0.29, 0.717) is 0 Å². The molecular formula is C9H17N3. The SMILES string of the molecule is C=NCCN1CC2CCC(C1)N2. The lowest BCUT2D eigenvalue weighted by molar-refractivity contribution is 0.201. The van der Waals surface area contributed by atoms with Crippen LogP contribution in [0.1, 0.15) is 12.8 Å². The summed E-state index contributed by atoms with van der Waals surface area (Å²) >= 11 is 0. The van der Waals surface area contributed by atoms with E-state index >= 15 is 0 Å². The van der Waals surface area contributed by atoms with E-state index in [9.17, 15) is 0 Å². The molecule has 2 atom stereocenters. The summed E-state index contributed by atoms with van der Waals surface area (Å²) in [7, 11) is 0. The van der Waals surface area contributed by atoms with Crippen molar-refractivity contribution < 1.29 is 0 Å². The average Bonchev–Trinajstić information content (AvgIpc) is 2.42. The van der Waals surface area contributed by atoms with Crippen molar-refractivity contribution in [2.75, 3.05) is 26.2 Å². The number of piperazine rings is 1. The molecule has 2 rings (SSSR count). The third-order valence-electron chi connectivity index (χ3n) is 2.87. The number of aliphatic imine (C=N–C) groups is 1. The van der Waals surface area contributed by atoms with Crippen molar-refractivity contribution in [1.29, 1.82) is 0 Å². The molecule has 12 heavy (non-hydrogen) atoms. The molecule has 1 N–H and O–H groups in total. The smallest absolute Gasteiger partial charge is 0.0509 e. The molecule has 2 aliphatic heterocycles. The topological polar surface area (TPSA) is 27.6 Å². The zero-order chi connectivity index (χ0) is 8.39. The highest BCUT2D eigenvalue weighted by molar-refractivity contribution is 5.23. The van der Waals surface area contributed by atoms with Crippen LogP contribution in [0.3, 0.4) is 0 Å². The van der Waals surface area contributed by atoms with Gasteiger partial charge < -0.3 is 5.32 Å². The molecule has 3 heteroatoms. The Morgan fingerprint density at radius 1 is 1.33 bits per heavy atom. The second-order valence-corrected chi connectivity index (χ2v) is 3.84. The van der Waals surface area contributed by atoms with Gasteiger partial charge in [-0.05, 0) is 19.6 Å². The second-order valence-electron chi connectivity index (χ2n) is 3.84. The molecule has 0 saturated carbocycles. The highest BCUT2D eigenvalue weighted by atomic mass is 15.2. The third-order valence-corrected chi connectivity index (χ3v) is 2.87. The summed E-state index contributed by atoms with van der Waals surface area (Å²) in [5.41, 5.74) is 0. The van der Waals surface area contributed by atoms with E-state index in [-0.39, 0.29) is 0 Å². The monoisotopic (exact) mass is 167 g/mol. The van der Waals surface area contributed by atoms with Crippen LogP contribution in [0, 0.1) is 0 Å². The van der Waals surface area contributed by atoms with Crippen molar-refractivity contribution in [3.63, 3.8) is 0 Å². The Morgan fingerprint density at radius 3 is 2.58 bits per heavy atom. The fourth-order valence-electron chi connectivity index (χ4n) is 2.28. The molecule has 0 aliphatic carbocycles. The summed E-state index contributed by atoms with van der Waals surface area (Å²) in [4.78, 5) is 6.40. The van der Waals surface area contributed by atoms with Crippen LogP contribution in [0.2, 0.25) is 0 Å². The summed E-state index contributed by atoms with van der Waals surface area (Å²) < 4.78 is 0. The number of fused-ring (bicyclic) bond motifs is 2. The van der Waals surface area contributed by atoms with Gasteiger partial charge in [0.2, 0.25) is 0 Å². The molecule has 2 aliphatic rings. The number of rotatable bonds is 3. The van der Waals surface area contributed by atoms with E-state index in [1.165, 1.54) is 25.9 Å². The first-order valence-corrected chi connectivity index (χ1v) is 4.79. The van der Waals surface area contributed by atoms with Crippen LogP contribution >= 0.6 is 0 Å². The Labute approximate surface area is 73.9 Å². The van der Waals surface area contributed by atoms with E-state index in [1.807, 2.05) is 0 Å². The third kappa shape index (κ3) is 1.67. The van der Waals surface area contributed by atoms with Crippen molar-refractivity contribution in [2.24, 2.45) is 4.99 Å². The standard InChI is InChI=1S/C9H17N3/c1-10-4-5-12-6-8-2-3-9(7-12)11-8/h8-9,11H,1-7H2. The predicted octanol–water partition coefficient (Wildman–Crippen LogP) is 0.123. The maximum atomic E-state index is 3.89. The first-order chi connectivity index (χ1) is 5.88. The van der Waals surface area contributed by atoms with Crippen LogP contribution in [0.4, 0.5) is 0 Å². The van der Waals surface area contributed by atoms with Gasteiger partial charge in [0.1, 0.15) is 0 Å².